The van der Waals surface area contributed by atoms with Crippen LogP contribution in [0.3, 0.4) is 0 Å². The van der Waals surface area contributed by atoms with Crippen LogP contribution in [0.15, 0.2) is 66.9 Å². The van der Waals surface area contributed by atoms with Gasteiger partial charge in [0, 0.05) is 17.1 Å². The first-order valence-corrected chi connectivity index (χ1v) is 10.8. The number of unbranched alkanes of at least 4 members (excludes halogenated alkanes) is 1. The van der Waals surface area contributed by atoms with Gasteiger partial charge in [-0.3, -0.25) is 4.98 Å². The summed E-state index contributed by atoms with van der Waals surface area (Å²) >= 11 is 0. The Morgan fingerprint density at radius 3 is 2.33 bits per heavy atom. The lowest BCUT2D eigenvalue weighted by Gasteiger charge is -2.10. The number of aromatic nitrogens is 2. The van der Waals surface area contributed by atoms with Crippen molar-refractivity contribution >= 4 is 10.9 Å². The van der Waals surface area contributed by atoms with Gasteiger partial charge in [0.15, 0.2) is 0 Å². The second-order valence-electron chi connectivity index (χ2n) is 7.70. The average Bonchev–Trinajstić information content (AvgIpc) is 2.79. The molecule has 4 aromatic rings. The van der Waals surface area contributed by atoms with Gasteiger partial charge < -0.3 is 4.74 Å². The number of hydrogen-bond acceptors (Lipinski definition) is 3. The summed E-state index contributed by atoms with van der Waals surface area (Å²) in [5.41, 5.74) is 7.64. The Hall–Kier alpha value is -3.20. The summed E-state index contributed by atoms with van der Waals surface area (Å²) in [5, 5.41) is 1.24. The number of hydrogen-bond donors (Lipinski definition) is 0. The first-order valence-electron chi connectivity index (χ1n) is 10.8. The smallest absolute Gasteiger partial charge is 0.119 e. The van der Waals surface area contributed by atoms with Gasteiger partial charge in [-0.2, -0.15) is 0 Å². The van der Waals surface area contributed by atoms with Crippen molar-refractivity contribution in [2.45, 2.75) is 40.0 Å². The maximum absolute atomic E-state index is 5.75. The van der Waals surface area contributed by atoms with Crippen LogP contribution in [0.4, 0.5) is 0 Å². The van der Waals surface area contributed by atoms with Gasteiger partial charge in [-0.05, 0) is 67.3 Å². The highest BCUT2D eigenvalue weighted by atomic mass is 16.5. The monoisotopic (exact) mass is 396 g/mol. The molecule has 0 spiro atoms. The molecule has 0 N–H and O–H groups in total. The molecule has 3 heteroatoms. The van der Waals surface area contributed by atoms with Crippen LogP contribution in [0.2, 0.25) is 0 Å². The molecule has 0 aliphatic rings. The van der Waals surface area contributed by atoms with E-state index >= 15 is 0 Å². The molecule has 3 nitrogen and oxygen atoms in total. The zero-order valence-corrected chi connectivity index (χ0v) is 18.0. The summed E-state index contributed by atoms with van der Waals surface area (Å²) in [6, 6.07) is 21.0. The minimum Gasteiger partial charge on any atom is -0.494 e. The summed E-state index contributed by atoms with van der Waals surface area (Å²) < 4.78 is 5.75. The molecule has 2 aromatic heterocycles. The zero-order chi connectivity index (χ0) is 20.9. The number of fused-ring (bicyclic) bond motifs is 1. The molecule has 2 aromatic carbocycles. The van der Waals surface area contributed by atoms with E-state index in [4.69, 9.17) is 14.7 Å². The van der Waals surface area contributed by atoms with Gasteiger partial charge in [-0.25, -0.2) is 4.98 Å². The lowest BCUT2D eigenvalue weighted by atomic mass is 10.0. The fourth-order valence-corrected chi connectivity index (χ4v) is 3.63. The van der Waals surface area contributed by atoms with Gasteiger partial charge in [0.1, 0.15) is 5.75 Å². The van der Waals surface area contributed by atoms with Gasteiger partial charge in [0.05, 0.1) is 23.5 Å². The van der Waals surface area contributed by atoms with E-state index in [0.717, 1.165) is 59.7 Å². The summed E-state index contributed by atoms with van der Waals surface area (Å²) in [5.74, 6) is 0.916. The van der Waals surface area contributed by atoms with Crippen molar-refractivity contribution in [3.8, 4) is 28.3 Å². The number of ether oxygens (including phenoxy) is 1. The molecule has 0 saturated heterocycles. The van der Waals surface area contributed by atoms with Gasteiger partial charge in [-0.15, -0.1) is 0 Å². The highest BCUT2D eigenvalue weighted by Crippen LogP contribution is 2.27. The molecule has 0 radical (unpaired) electrons. The molecule has 0 aliphatic carbocycles. The van der Waals surface area contributed by atoms with Gasteiger partial charge in [-0.1, -0.05) is 50.1 Å². The minimum atomic E-state index is 0.768. The molecule has 30 heavy (non-hydrogen) atoms. The number of aryl methyl sites for hydroxylation is 2. The number of pyridine rings is 2. The third-order valence-corrected chi connectivity index (χ3v) is 5.41. The Kier molecular flexibility index (Phi) is 6.08. The van der Waals surface area contributed by atoms with E-state index in [1.165, 1.54) is 16.5 Å². The topological polar surface area (TPSA) is 35.0 Å². The molecule has 0 fully saturated rings. The highest BCUT2D eigenvalue weighted by Gasteiger charge is 2.09. The Morgan fingerprint density at radius 2 is 1.63 bits per heavy atom. The van der Waals surface area contributed by atoms with Crippen LogP contribution >= 0.6 is 0 Å². The number of benzene rings is 2. The number of rotatable bonds is 7. The first-order chi connectivity index (χ1) is 14.7. The Bertz CT molecular complexity index is 1130. The molecule has 0 aliphatic heterocycles. The van der Waals surface area contributed by atoms with Crippen molar-refractivity contribution in [3.63, 3.8) is 0 Å². The van der Waals surface area contributed by atoms with E-state index in [-0.39, 0.29) is 0 Å². The molecular weight excluding hydrogens is 368 g/mol. The molecule has 0 bridgehead atoms. The standard InChI is InChI=1S/C27H28N2O/c1-4-6-15-30-23-11-8-21(9-12-23)22-10-14-26(28-18-22)27-17-20(5-2)24-16-19(3)7-13-25(24)29-27/h7-14,16-18H,4-6,15H2,1-3H3. The van der Waals surface area contributed by atoms with Crippen LogP contribution in [0.5, 0.6) is 5.75 Å². The van der Waals surface area contributed by atoms with E-state index < -0.39 is 0 Å². The van der Waals surface area contributed by atoms with Gasteiger partial charge >= 0.3 is 0 Å². The Balaban J connectivity index is 1.58. The SMILES string of the molecule is CCCCOc1ccc(-c2ccc(-c3cc(CC)c4cc(C)ccc4n3)nc2)cc1. The second-order valence-corrected chi connectivity index (χ2v) is 7.70. The van der Waals surface area contributed by atoms with E-state index in [0.29, 0.717) is 0 Å². The first kappa shape index (κ1) is 20.1. The van der Waals surface area contributed by atoms with E-state index in [9.17, 15) is 0 Å². The normalized spacial score (nSPS) is 11.0. The number of nitrogens with zero attached hydrogens (tertiary/aromatic N) is 2. The minimum absolute atomic E-state index is 0.768. The van der Waals surface area contributed by atoms with Crippen molar-refractivity contribution in [1.29, 1.82) is 0 Å². The van der Waals surface area contributed by atoms with Crippen LogP contribution in [0.25, 0.3) is 33.4 Å². The van der Waals surface area contributed by atoms with E-state index in [2.05, 4.69) is 69.3 Å². The van der Waals surface area contributed by atoms with Crippen molar-refractivity contribution in [1.82, 2.24) is 9.97 Å². The molecule has 0 saturated carbocycles. The summed E-state index contributed by atoms with van der Waals surface area (Å²) in [7, 11) is 0. The highest BCUT2D eigenvalue weighted by molar-refractivity contribution is 5.85. The maximum atomic E-state index is 5.75. The van der Waals surface area contributed by atoms with Gasteiger partial charge in [0.25, 0.3) is 0 Å². The predicted octanol–water partition coefficient (Wildman–Crippen LogP) is 7.01. The van der Waals surface area contributed by atoms with Crippen LogP contribution in [-0.2, 0) is 6.42 Å². The molecule has 4 rings (SSSR count). The lowest BCUT2D eigenvalue weighted by Crippen LogP contribution is -1.96. The van der Waals surface area contributed by atoms with Crippen molar-refractivity contribution in [2.75, 3.05) is 6.61 Å². The van der Waals surface area contributed by atoms with Crippen molar-refractivity contribution in [3.05, 3.63) is 78.0 Å². The molecular formula is C27H28N2O. The van der Waals surface area contributed by atoms with E-state index in [1.807, 2.05) is 18.3 Å². The Labute approximate surface area is 178 Å². The molecule has 0 amide bonds. The predicted molar refractivity (Wildman–Crippen MR) is 125 cm³/mol. The fourth-order valence-electron chi connectivity index (χ4n) is 3.63. The van der Waals surface area contributed by atoms with Crippen LogP contribution in [0.1, 0.15) is 37.8 Å². The second kappa shape index (κ2) is 9.08. The summed E-state index contributed by atoms with van der Waals surface area (Å²) in [6.45, 7) is 7.24. The Morgan fingerprint density at radius 1 is 0.833 bits per heavy atom. The average molecular weight is 397 g/mol. The fraction of sp³-hybridized carbons (Fsp3) is 0.259. The summed E-state index contributed by atoms with van der Waals surface area (Å²) in [4.78, 5) is 9.58. The zero-order valence-electron chi connectivity index (χ0n) is 18.0. The largest absolute Gasteiger partial charge is 0.494 e. The molecule has 152 valence electrons. The molecule has 2 heterocycles. The van der Waals surface area contributed by atoms with Crippen LogP contribution in [-0.4, -0.2) is 16.6 Å². The van der Waals surface area contributed by atoms with E-state index in [1.54, 1.807) is 0 Å². The maximum Gasteiger partial charge on any atom is 0.119 e. The van der Waals surface area contributed by atoms with Crippen LogP contribution in [0, 0.1) is 6.92 Å². The van der Waals surface area contributed by atoms with Crippen LogP contribution < -0.4 is 4.74 Å². The van der Waals surface area contributed by atoms with Crippen molar-refractivity contribution in [2.24, 2.45) is 0 Å². The lowest BCUT2D eigenvalue weighted by molar-refractivity contribution is 0.309. The van der Waals surface area contributed by atoms with Crippen molar-refractivity contribution < 1.29 is 4.74 Å². The summed E-state index contributed by atoms with van der Waals surface area (Å²) in [6.07, 6.45) is 5.12. The molecule has 0 unspecified atom stereocenters. The third kappa shape index (κ3) is 4.35. The quantitative estimate of drug-likeness (QED) is 0.315. The third-order valence-electron chi connectivity index (χ3n) is 5.41. The van der Waals surface area contributed by atoms with Gasteiger partial charge in [0.2, 0.25) is 0 Å². The molecule has 0 atom stereocenters.